The van der Waals surface area contributed by atoms with Crippen LogP contribution in [0.25, 0.3) is 0 Å². The number of rotatable bonds is 7. The van der Waals surface area contributed by atoms with E-state index in [9.17, 15) is 32.7 Å². The van der Waals surface area contributed by atoms with Crippen LogP contribution in [0.4, 0.5) is 13.2 Å². The Balaban J connectivity index is 1.48. The van der Waals surface area contributed by atoms with Gasteiger partial charge in [-0.2, -0.15) is 18.3 Å². The topological polar surface area (TPSA) is 92.5 Å². The first kappa shape index (κ1) is 29.9. The molecule has 7 nitrogen and oxygen atoms in total. The van der Waals surface area contributed by atoms with Crippen molar-refractivity contribution in [3.63, 3.8) is 0 Å². The number of carboxylic acid groups (broad SMARTS) is 1. The Kier molecular flexibility index (Phi) is 7.50. The number of aromatic nitrogens is 2. The number of nitrogens with zero attached hydrogens (tertiary/aromatic N) is 3. The van der Waals surface area contributed by atoms with Crippen LogP contribution in [0, 0.1) is 22.7 Å². The van der Waals surface area contributed by atoms with E-state index in [1.807, 2.05) is 0 Å². The van der Waals surface area contributed by atoms with Gasteiger partial charge in [-0.05, 0) is 74.8 Å². The number of hydrogen-bond donors (Lipinski definition) is 1. The fourth-order valence-corrected chi connectivity index (χ4v) is 7.63. The van der Waals surface area contributed by atoms with E-state index in [-0.39, 0.29) is 46.7 Å². The van der Waals surface area contributed by atoms with Gasteiger partial charge in [-0.15, -0.1) is 0 Å². The lowest BCUT2D eigenvalue weighted by molar-refractivity contribution is -0.152. The molecule has 2 aromatic rings. The molecule has 0 aliphatic heterocycles. The van der Waals surface area contributed by atoms with Crippen molar-refractivity contribution in [1.29, 1.82) is 0 Å². The van der Waals surface area contributed by atoms with Crippen LogP contribution in [0.2, 0.25) is 10.0 Å². The Bertz CT molecular complexity index is 1360. The molecule has 41 heavy (non-hydrogen) atoms. The maximum absolute atomic E-state index is 14.6. The van der Waals surface area contributed by atoms with Gasteiger partial charge in [0.15, 0.2) is 11.5 Å². The van der Waals surface area contributed by atoms with E-state index >= 15 is 0 Å². The number of aliphatic carboxylic acids is 1. The number of halogens is 5. The minimum absolute atomic E-state index is 0.0209. The zero-order valence-corrected chi connectivity index (χ0v) is 24.5. The van der Waals surface area contributed by atoms with Crippen molar-refractivity contribution in [2.24, 2.45) is 22.7 Å². The van der Waals surface area contributed by atoms with Gasteiger partial charge in [-0.3, -0.25) is 19.1 Å². The van der Waals surface area contributed by atoms with E-state index in [0.717, 1.165) is 10.9 Å². The molecule has 0 saturated heterocycles. The summed E-state index contributed by atoms with van der Waals surface area (Å²) in [6.45, 7) is 5.37. The summed E-state index contributed by atoms with van der Waals surface area (Å²) in [5, 5.41) is 13.7. The highest BCUT2D eigenvalue weighted by Gasteiger charge is 2.63. The minimum Gasteiger partial charge on any atom is -0.481 e. The number of amides is 1. The number of carbonyl (C=O) groups is 3. The largest absolute Gasteiger partial charge is 0.481 e. The second-order valence-corrected chi connectivity index (χ2v) is 13.4. The molecule has 0 spiro atoms. The van der Waals surface area contributed by atoms with Gasteiger partial charge in [0, 0.05) is 6.04 Å². The Hall–Kier alpha value is -2.59. The standard InChI is InChI=1S/C29H32Cl2F3N3O4/c1-27(2)18-11-16(12-19(18)27)36(14-22(38)23-20(30)5-4-6-21(23)31)25(39)17-13-35-37(24(17)29(32,33)34)15-7-9-28(3,10-8-15)26(40)41/h4-6,13,15-16,18-19H,7-12,14H2,1-3H3,(H,40,41)/t15?,16?,18-,19+,28?. The maximum atomic E-state index is 14.6. The molecule has 222 valence electrons. The molecule has 3 atom stereocenters. The van der Waals surface area contributed by atoms with Crippen molar-refractivity contribution in [3.05, 3.63) is 51.3 Å². The van der Waals surface area contributed by atoms with Gasteiger partial charge in [0.25, 0.3) is 5.91 Å². The lowest BCUT2D eigenvalue weighted by Gasteiger charge is -2.35. The molecule has 1 unspecified atom stereocenters. The molecule has 1 amide bonds. The van der Waals surface area contributed by atoms with Gasteiger partial charge in [-0.25, -0.2) is 0 Å². The smallest absolute Gasteiger partial charge is 0.433 e. The van der Waals surface area contributed by atoms with E-state index in [2.05, 4.69) is 18.9 Å². The zero-order valence-electron chi connectivity index (χ0n) is 23.0. The molecule has 3 aliphatic rings. The molecular formula is C29H32Cl2F3N3O4. The third kappa shape index (κ3) is 5.26. The molecule has 3 aliphatic carbocycles. The lowest BCUT2D eigenvalue weighted by Crippen LogP contribution is -2.44. The second kappa shape index (κ2) is 10.3. The van der Waals surface area contributed by atoms with Crippen LogP contribution in [0.1, 0.15) is 91.7 Å². The van der Waals surface area contributed by atoms with E-state index in [1.165, 1.54) is 17.0 Å². The van der Waals surface area contributed by atoms with Crippen molar-refractivity contribution in [2.45, 2.75) is 77.6 Å². The van der Waals surface area contributed by atoms with Crippen LogP contribution in [0.3, 0.4) is 0 Å². The molecule has 3 fully saturated rings. The molecule has 1 heterocycles. The summed E-state index contributed by atoms with van der Waals surface area (Å²) in [6.07, 6.45) is -2.09. The van der Waals surface area contributed by atoms with Crippen LogP contribution >= 0.6 is 23.2 Å². The molecule has 1 aromatic heterocycles. The fraction of sp³-hybridized carbons (Fsp3) is 0.586. The molecule has 0 bridgehead atoms. The van der Waals surface area contributed by atoms with Gasteiger partial charge < -0.3 is 10.0 Å². The molecule has 5 rings (SSSR count). The maximum Gasteiger partial charge on any atom is 0.433 e. The number of carboxylic acids is 1. The highest BCUT2D eigenvalue weighted by atomic mass is 35.5. The number of benzene rings is 1. The monoisotopic (exact) mass is 613 g/mol. The van der Waals surface area contributed by atoms with Crippen molar-refractivity contribution in [2.75, 3.05) is 6.54 Å². The average Bonchev–Trinajstić information content (AvgIpc) is 3.30. The Morgan fingerprint density at radius 1 is 1.07 bits per heavy atom. The van der Waals surface area contributed by atoms with Crippen molar-refractivity contribution in [1.82, 2.24) is 14.7 Å². The number of alkyl halides is 3. The van der Waals surface area contributed by atoms with Gasteiger partial charge in [-0.1, -0.05) is 43.1 Å². The van der Waals surface area contributed by atoms with E-state index in [0.29, 0.717) is 24.7 Å². The number of Topliss-reactive ketones (excluding diaryl/α,β-unsaturated/α-hetero) is 1. The summed E-state index contributed by atoms with van der Waals surface area (Å²) in [7, 11) is 0. The Labute approximate surface area is 246 Å². The zero-order chi connectivity index (χ0) is 30.1. The average molecular weight is 614 g/mol. The number of carbonyl (C=O) groups excluding carboxylic acids is 2. The van der Waals surface area contributed by atoms with Crippen LogP contribution in [0.5, 0.6) is 0 Å². The lowest BCUT2D eigenvalue weighted by atomic mass is 9.74. The van der Waals surface area contributed by atoms with E-state index in [1.54, 1.807) is 13.0 Å². The second-order valence-electron chi connectivity index (χ2n) is 12.6. The third-order valence-corrected chi connectivity index (χ3v) is 10.4. The summed E-state index contributed by atoms with van der Waals surface area (Å²) in [5.41, 5.74) is -2.71. The quantitative estimate of drug-likeness (QED) is 0.334. The van der Waals surface area contributed by atoms with Crippen LogP contribution in [-0.4, -0.2) is 50.0 Å². The third-order valence-electron chi connectivity index (χ3n) is 9.81. The van der Waals surface area contributed by atoms with Crippen molar-refractivity contribution in [3.8, 4) is 0 Å². The van der Waals surface area contributed by atoms with Gasteiger partial charge in [0.05, 0.1) is 45.4 Å². The number of fused-ring (bicyclic) bond motifs is 1. The molecule has 1 aromatic carbocycles. The summed E-state index contributed by atoms with van der Waals surface area (Å²) < 4.78 is 44.5. The molecular weight excluding hydrogens is 582 g/mol. The SMILES string of the molecule is CC1(C(=O)O)CCC(n2ncc(C(=O)N(CC(=O)c3c(Cl)cccc3Cl)C3C[C@@H]4[C@H](C3)C4(C)C)c2C(F)(F)F)CC1. The van der Waals surface area contributed by atoms with Crippen LogP contribution < -0.4 is 0 Å². The number of hydrogen-bond acceptors (Lipinski definition) is 4. The predicted octanol–water partition coefficient (Wildman–Crippen LogP) is 7.17. The van der Waals surface area contributed by atoms with Crippen molar-refractivity contribution >= 4 is 40.9 Å². The van der Waals surface area contributed by atoms with Crippen molar-refractivity contribution < 1.29 is 32.7 Å². The Morgan fingerprint density at radius 3 is 2.15 bits per heavy atom. The predicted molar refractivity (Wildman–Crippen MR) is 146 cm³/mol. The molecule has 0 radical (unpaired) electrons. The summed E-state index contributed by atoms with van der Waals surface area (Å²) in [6, 6.07) is 3.42. The normalized spacial score (nSPS) is 28.7. The van der Waals surface area contributed by atoms with Gasteiger partial charge in [0.2, 0.25) is 0 Å². The highest BCUT2D eigenvalue weighted by Crippen LogP contribution is 2.67. The summed E-state index contributed by atoms with van der Waals surface area (Å²) in [4.78, 5) is 40.3. The highest BCUT2D eigenvalue weighted by molar-refractivity contribution is 6.40. The first-order chi connectivity index (χ1) is 19.1. The fourth-order valence-electron chi connectivity index (χ4n) is 7.03. The minimum atomic E-state index is -4.91. The van der Waals surface area contributed by atoms with Crippen LogP contribution in [-0.2, 0) is 11.0 Å². The van der Waals surface area contributed by atoms with Gasteiger partial charge in [0.1, 0.15) is 0 Å². The summed E-state index contributed by atoms with van der Waals surface area (Å²) >= 11 is 12.5. The Morgan fingerprint density at radius 2 is 1.63 bits per heavy atom. The van der Waals surface area contributed by atoms with E-state index < -0.39 is 59.1 Å². The molecule has 3 saturated carbocycles. The summed E-state index contributed by atoms with van der Waals surface area (Å²) in [5.74, 6) is -1.83. The van der Waals surface area contributed by atoms with E-state index in [4.69, 9.17) is 23.2 Å². The first-order valence-corrected chi connectivity index (χ1v) is 14.5. The molecule has 12 heteroatoms. The molecule has 1 N–H and O–H groups in total. The van der Waals surface area contributed by atoms with Crippen LogP contribution in [0.15, 0.2) is 24.4 Å². The first-order valence-electron chi connectivity index (χ1n) is 13.7. The number of ketones is 1. The van der Waals surface area contributed by atoms with Gasteiger partial charge >= 0.3 is 12.1 Å².